The van der Waals surface area contributed by atoms with Crippen LogP contribution in [0.25, 0.3) is 0 Å². The Hall–Kier alpha value is -1.03. The standard InChI is InChI=1S/C13H20N2OS/c1-8(2)13(4-5-13)7-15-12(16)11-6-10(14)9(3)17-11/h6,8H,4-5,7,14H2,1-3H3,(H,15,16). The molecule has 3 N–H and O–H groups in total. The summed E-state index contributed by atoms with van der Waals surface area (Å²) in [4.78, 5) is 13.7. The van der Waals surface area contributed by atoms with Crippen LogP contribution in [0.5, 0.6) is 0 Å². The Kier molecular flexibility index (Phi) is 3.17. The van der Waals surface area contributed by atoms with Crippen molar-refractivity contribution in [3.05, 3.63) is 15.8 Å². The summed E-state index contributed by atoms with van der Waals surface area (Å²) < 4.78 is 0. The van der Waals surface area contributed by atoms with Crippen LogP contribution in [-0.4, -0.2) is 12.5 Å². The third-order valence-corrected chi connectivity index (χ3v) is 4.96. The van der Waals surface area contributed by atoms with Gasteiger partial charge in [0.05, 0.1) is 4.88 Å². The van der Waals surface area contributed by atoms with Crippen molar-refractivity contribution in [3.63, 3.8) is 0 Å². The number of carbonyl (C=O) groups is 1. The second-order valence-electron chi connectivity index (χ2n) is 5.32. The van der Waals surface area contributed by atoms with Gasteiger partial charge < -0.3 is 11.1 Å². The summed E-state index contributed by atoms with van der Waals surface area (Å²) in [5.74, 6) is 0.652. The van der Waals surface area contributed by atoms with Crippen molar-refractivity contribution in [3.8, 4) is 0 Å². The fourth-order valence-corrected chi connectivity index (χ4v) is 2.93. The smallest absolute Gasteiger partial charge is 0.261 e. The minimum Gasteiger partial charge on any atom is -0.398 e. The van der Waals surface area contributed by atoms with E-state index in [4.69, 9.17) is 5.73 Å². The van der Waals surface area contributed by atoms with Gasteiger partial charge in [-0.05, 0) is 37.2 Å². The van der Waals surface area contributed by atoms with Gasteiger partial charge in [-0.15, -0.1) is 11.3 Å². The van der Waals surface area contributed by atoms with E-state index in [1.807, 2.05) is 6.92 Å². The summed E-state index contributed by atoms with van der Waals surface area (Å²) in [6.45, 7) is 7.19. The number of thiophene rings is 1. The zero-order valence-corrected chi connectivity index (χ0v) is 11.5. The van der Waals surface area contributed by atoms with E-state index in [1.54, 1.807) is 6.07 Å². The summed E-state index contributed by atoms with van der Waals surface area (Å²) in [5.41, 5.74) is 6.82. The van der Waals surface area contributed by atoms with Crippen LogP contribution >= 0.6 is 11.3 Å². The summed E-state index contributed by atoms with van der Waals surface area (Å²) in [7, 11) is 0. The number of aryl methyl sites for hydroxylation is 1. The van der Waals surface area contributed by atoms with E-state index in [9.17, 15) is 4.79 Å². The van der Waals surface area contributed by atoms with Crippen LogP contribution in [0.15, 0.2) is 6.07 Å². The Morgan fingerprint density at radius 2 is 2.24 bits per heavy atom. The first-order valence-electron chi connectivity index (χ1n) is 6.09. The number of nitrogens with two attached hydrogens (primary N) is 1. The van der Waals surface area contributed by atoms with Gasteiger partial charge in [0.1, 0.15) is 0 Å². The van der Waals surface area contributed by atoms with E-state index in [1.165, 1.54) is 24.2 Å². The number of amides is 1. The summed E-state index contributed by atoms with van der Waals surface area (Å²) >= 11 is 1.46. The summed E-state index contributed by atoms with van der Waals surface area (Å²) in [6, 6.07) is 1.77. The number of hydrogen-bond acceptors (Lipinski definition) is 3. The lowest BCUT2D eigenvalue weighted by atomic mass is 9.92. The molecule has 17 heavy (non-hydrogen) atoms. The molecule has 4 heteroatoms. The molecule has 0 spiro atoms. The second-order valence-corrected chi connectivity index (χ2v) is 6.58. The van der Waals surface area contributed by atoms with E-state index in [0.717, 1.165) is 16.3 Å². The molecule has 0 aromatic carbocycles. The molecule has 1 saturated carbocycles. The minimum absolute atomic E-state index is 0.0155. The maximum atomic E-state index is 12.0. The Morgan fingerprint density at radius 3 is 2.65 bits per heavy atom. The van der Waals surface area contributed by atoms with Crippen molar-refractivity contribution in [1.29, 1.82) is 0 Å². The zero-order chi connectivity index (χ0) is 12.6. The summed E-state index contributed by atoms with van der Waals surface area (Å²) in [5, 5.41) is 3.04. The van der Waals surface area contributed by atoms with Crippen LogP contribution < -0.4 is 11.1 Å². The molecule has 0 bridgehead atoms. The first-order chi connectivity index (χ1) is 7.94. The van der Waals surface area contributed by atoms with Crippen LogP contribution in [0, 0.1) is 18.3 Å². The predicted molar refractivity (Wildman–Crippen MR) is 72.3 cm³/mol. The third-order valence-electron chi connectivity index (χ3n) is 3.90. The molecule has 1 aromatic rings. The molecule has 0 radical (unpaired) electrons. The predicted octanol–water partition coefficient (Wildman–Crippen LogP) is 2.80. The highest BCUT2D eigenvalue weighted by Gasteiger charge is 2.45. The van der Waals surface area contributed by atoms with Crippen molar-refractivity contribution >= 4 is 22.9 Å². The molecule has 1 aliphatic carbocycles. The quantitative estimate of drug-likeness (QED) is 0.865. The number of nitrogen functional groups attached to an aromatic ring is 1. The van der Waals surface area contributed by atoms with Crippen LogP contribution in [0.4, 0.5) is 5.69 Å². The average molecular weight is 252 g/mol. The van der Waals surface area contributed by atoms with Crippen LogP contribution in [-0.2, 0) is 0 Å². The van der Waals surface area contributed by atoms with E-state index >= 15 is 0 Å². The number of hydrogen-bond donors (Lipinski definition) is 2. The van der Waals surface area contributed by atoms with Gasteiger partial charge in [0.2, 0.25) is 0 Å². The molecule has 0 unspecified atom stereocenters. The van der Waals surface area contributed by atoms with Gasteiger partial charge in [0.25, 0.3) is 5.91 Å². The third kappa shape index (κ3) is 2.46. The maximum Gasteiger partial charge on any atom is 0.261 e. The normalized spacial score (nSPS) is 17.2. The molecule has 1 fully saturated rings. The van der Waals surface area contributed by atoms with Crippen molar-refractivity contribution in [2.45, 2.75) is 33.6 Å². The first kappa shape index (κ1) is 12.4. The van der Waals surface area contributed by atoms with Gasteiger partial charge in [0.15, 0.2) is 0 Å². The maximum absolute atomic E-state index is 12.0. The van der Waals surface area contributed by atoms with E-state index in [0.29, 0.717) is 17.0 Å². The largest absolute Gasteiger partial charge is 0.398 e. The van der Waals surface area contributed by atoms with Crippen LogP contribution in [0.3, 0.4) is 0 Å². The Bertz CT molecular complexity index is 413. The first-order valence-corrected chi connectivity index (χ1v) is 6.90. The zero-order valence-electron chi connectivity index (χ0n) is 10.7. The molecule has 1 aliphatic rings. The lowest BCUT2D eigenvalue weighted by Crippen LogP contribution is -2.32. The van der Waals surface area contributed by atoms with Crippen molar-refractivity contribution in [2.75, 3.05) is 12.3 Å². The lowest BCUT2D eigenvalue weighted by Gasteiger charge is -2.19. The summed E-state index contributed by atoms with van der Waals surface area (Å²) in [6.07, 6.45) is 2.47. The topological polar surface area (TPSA) is 55.1 Å². The fraction of sp³-hybridized carbons (Fsp3) is 0.615. The number of rotatable bonds is 4. The highest BCUT2D eigenvalue weighted by molar-refractivity contribution is 7.14. The van der Waals surface area contributed by atoms with Gasteiger partial charge in [-0.3, -0.25) is 4.79 Å². The van der Waals surface area contributed by atoms with Crippen molar-refractivity contribution in [1.82, 2.24) is 5.32 Å². The molecular weight excluding hydrogens is 232 g/mol. The van der Waals surface area contributed by atoms with Gasteiger partial charge in [-0.2, -0.15) is 0 Å². The van der Waals surface area contributed by atoms with Gasteiger partial charge in [0, 0.05) is 17.1 Å². The minimum atomic E-state index is 0.0155. The molecule has 3 nitrogen and oxygen atoms in total. The number of nitrogens with one attached hydrogen (secondary N) is 1. The molecule has 1 heterocycles. The SMILES string of the molecule is Cc1sc(C(=O)NCC2(C(C)C)CC2)cc1N. The molecule has 1 amide bonds. The molecule has 1 aromatic heterocycles. The number of carbonyl (C=O) groups excluding carboxylic acids is 1. The monoisotopic (exact) mass is 252 g/mol. The molecule has 0 aliphatic heterocycles. The average Bonchev–Trinajstić information content (AvgIpc) is 2.99. The van der Waals surface area contributed by atoms with E-state index in [2.05, 4.69) is 19.2 Å². The molecule has 94 valence electrons. The highest BCUT2D eigenvalue weighted by atomic mass is 32.1. The van der Waals surface area contributed by atoms with Gasteiger partial charge in [-0.25, -0.2) is 0 Å². The van der Waals surface area contributed by atoms with Crippen LogP contribution in [0.2, 0.25) is 0 Å². The Labute approximate surface area is 106 Å². The fourth-order valence-electron chi connectivity index (χ4n) is 2.07. The van der Waals surface area contributed by atoms with E-state index in [-0.39, 0.29) is 5.91 Å². The molecular formula is C13H20N2OS. The lowest BCUT2D eigenvalue weighted by molar-refractivity contribution is 0.0944. The van der Waals surface area contributed by atoms with Gasteiger partial charge >= 0.3 is 0 Å². The molecule has 0 saturated heterocycles. The molecule has 2 rings (SSSR count). The van der Waals surface area contributed by atoms with Gasteiger partial charge in [-0.1, -0.05) is 13.8 Å². The van der Waals surface area contributed by atoms with E-state index < -0.39 is 0 Å². The highest BCUT2D eigenvalue weighted by Crippen LogP contribution is 2.51. The number of anilines is 1. The Balaban J connectivity index is 1.94. The van der Waals surface area contributed by atoms with Crippen molar-refractivity contribution in [2.24, 2.45) is 11.3 Å². The molecule has 0 atom stereocenters. The Morgan fingerprint density at radius 1 is 1.59 bits per heavy atom. The van der Waals surface area contributed by atoms with Crippen molar-refractivity contribution < 1.29 is 4.79 Å². The second kappa shape index (κ2) is 4.33. The van der Waals surface area contributed by atoms with Crippen LogP contribution in [0.1, 0.15) is 41.2 Å².